The molecule has 0 aromatic heterocycles. The van der Waals surface area contributed by atoms with Gasteiger partial charge in [0.2, 0.25) is 11.8 Å². The highest BCUT2D eigenvalue weighted by Crippen LogP contribution is 2.16. The molecule has 3 rings (SSSR count). The highest BCUT2D eigenvalue weighted by molar-refractivity contribution is 5.81. The maximum atomic E-state index is 12.6. The third-order valence-corrected chi connectivity index (χ3v) is 4.76. The summed E-state index contributed by atoms with van der Waals surface area (Å²) >= 11 is 0. The zero-order valence-corrected chi connectivity index (χ0v) is 16.3. The number of carbonyl (C=O) groups excluding carboxylic acids is 2. The molecule has 0 unspecified atom stereocenters. The Kier molecular flexibility index (Phi) is 7.03. The van der Waals surface area contributed by atoms with E-state index in [2.05, 4.69) is 5.32 Å². The van der Waals surface area contributed by atoms with Gasteiger partial charge in [-0.3, -0.25) is 14.5 Å². The first-order chi connectivity index (χ1) is 13.6. The predicted molar refractivity (Wildman–Crippen MR) is 108 cm³/mol. The van der Waals surface area contributed by atoms with Gasteiger partial charge in [-0.15, -0.1) is 0 Å². The van der Waals surface area contributed by atoms with Gasteiger partial charge in [-0.1, -0.05) is 42.5 Å². The summed E-state index contributed by atoms with van der Waals surface area (Å²) in [7, 11) is 0. The summed E-state index contributed by atoms with van der Waals surface area (Å²) in [6, 6.07) is 17.9. The van der Waals surface area contributed by atoms with E-state index in [0.29, 0.717) is 32.8 Å². The molecule has 0 spiro atoms. The summed E-state index contributed by atoms with van der Waals surface area (Å²) in [5, 5.41) is 2.78. The summed E-state index contributed by atoms with van der Waals surface area (Å²) < 4.78 is 5.81. The molecule has 0 aliphatic carbocycles. The number of amides is 2. The topological polar surface area (TPSA) is 61.9 Å². The molecule has 0 saturated carbocycles. The summed E-state index contributed by atoms with van der Waals surface area (Å²) in [5.41, 5.74) is 2.18. The third-order valence-electron chi connectivity index (χ3n) is 4.76. The van der Waals surface area contributed by atoms with Crippen LogP contribution < -0.4 is 10.1 Å². The second-order valence-corrected chi connectivity index (χ2v) is 6.89. The maximum absolute atomic E-state index is 12.6. The minimum Gasteiger partial charge on any atom is -0.489 e. The van der Waals surface area contributed by atoms with Crippen LogP contribution in [0, 0.1) is 0 Å². The Morgan fingerprint density at radius 2 is 1.86 bits per heavy atom. The summed E-state index contributed by atoms with van der Waals surface area (Å²) in [6.07, 6.45) is 0. The standard InChI is InChI=1S/C22H27N3O3/c1-2-25(22(27)16-24-13-12-23-21(26)15-24)14-18-8-10-20(11-9-18)28-17-19-6-4-3-5-7-19/h3-11H,2,12-17H2,1H3,(H,23,26). The molecule has 2 amide bonds. The number of benzene rings is 2. The number of hydrogen-bond donors (Lipinski definition) is 1. The highest BCUT2D eigenvalue weighted by atomic mass is 16.5. The van der Waals surface area contributed by atoms with Crippen LogP contribution in [0.5, 0.6) is 5.75 Å². The van der Waals surface area contributed by atoms with Crippen LogP contribution >= 0.6 is 0 Å². The summed E-state index contributed by atoms with van der Waals surface area (Å²) in [6.45, 7) is 5.56. The van der Waals surface area contributed by atoms with Gasteiger partial charge >= 0.3 is 0 Å². The van der Waals surface area contributed by atoms with Crippen molar-refractivity contribution in [3.05, 3.63) is 65.7 Å². The van der Waals surface area contributed by atoms with Crippen molar-refractivity contribution in [2.45, 2.75) is 20.1 Å². The molecule has 0 bridgehead atoms. The Balaban J connectivity index is 1.51. The SMILES string of the molecule is CCN(Cc1ccc(OCc2ccccc2)cc1)C(=O)CN1CCNC(=O)C1. The molecule has 0 radical (unpaired) electrons. The first-order valence-electron chi connectivity index (χ1n) is 9.66. The van der Waals surface area contributed by atoms with Gasteiger partial charge in [-0.25, -0.2) is 0 Å². The van der Waals surface area contributed by atoms with E-state index in [1.165, 1.54) is 0 Å². The van der Waals surface area contributed by atoms with Crippen molar-refractivity contribution in [1.29, 1.82) is 0 Å². The Bertz CT molecular complexity index is 777. The molecule has 148 valence electrons. The minimum atomic E-state index is -0.0202. The zero-order valence-electron chi connectivity index (χ0n) is 16.3. The fraction of sp³-hybridized carbons (Fsp3) is 0.364. The van der Waals surface area contributed by atoms with Gasteiger partial charge in [0.05, 0.1) is 13.1 Å². The lowest BCUT2D eigenvalue weighted by Gasteiger charge is -2.29. The Morgan fingerprint density at radius 1 is 1.11 bits per heavy atom. The van der Waals surface area contributed by atoms with Crippen LogP contribution in [0.4, 0.5) is 0 Å². The van der Waals surface area contributed by atoms with Crippen molar-refractivity contribution < 1.29 is 14.3 Å². The van der Waals surface area contributed by atoms with E-state index >= 15 is 0 Å². The van der Waals surface area contributed by atoms with Gasteiger partial charge in [0.25, 0.3) is 0 Å². The van der Waals surface area contributed by atoms with Crippen LogP contribution in [0.25, 0.3) is 0 Å². The fourth-order valence-corrected chi connectivity index (χ4v) is 3.15. The molecule has 1 N–H and O–H groups in total. The number of hydrogen-bond acceptors (Lipinski definition) is 4. The number of ether oxygens (including phenoxy) is 1. The minimum absolute atomic E-state index is 0.0202. The van der Waals surface area contributed by atoms with Crippen LogP contribution in [0.2, 0.25) is 0 Å². The molecule has 1 saturated heterocycles. The van der Waals surface area contributed by atoms with E-state index in [1.54, 1.807) is 0 Å². The number of likely N-dealkylation sites (N-methyl/N-ethyl adjacent to an activating group) is 1. The predicted octanol–water partition coefficient (Wildman–Crippen LogP) is 2.05. The fourth-order valence-electron chi connectivity index (χ4n) is 3.15. The number of nitrogens with zero attached hydrogens (tertiary/aromatic N) is 2. The Hall–Kier alpha value is -2.86. The van der Waals surface area contributed by atoms with Gasteiger partial charge < -0.3 is 15.0 Å². The van der Waals surface area contributed by atoms with Crippen LogP contribution in [0.1, 0.15) is 18.1 Å². The van der Waals surface area contributed by atoms with Crippen molar-refractivity contribution in [2.24, 2.45) is 0 Å². The smallest absolute Gasteiger partial charge is 0.237 e. The first kappa shape index (κ1) is 19.9. The molecule has 0 atom stereocenters. The van der Waals surface area contributed by atoms with Gasteiger partial charge in [-0.2, -0.15) is 0 Å². The molecule has 2 aromatic rings. The molecule has 1 aliphatic rings. The van der Waals surface area contributed by atoms with Crippen molar-refractivity contribution in [3.8, 4) is 5.75 Å². The maximum Gasteiger partial charge on any atom is 0.237 e. The number of carbonyl (C=O) groups is 2. The molecule has 28 heavy (non-hydrogen) atoms. The Labute approximate surface area is 166 Å². The van der Waals surface area contributed by atoms with Gasteiger partial charge in [-0.05, 0) is 30.2 Å². The lowest BCUT2D eigenvalue weighted by atomic mass is 10.2. The highest BCUT2D eigenvalue weighted by Gasteiger charge is 2.21. The third kappa shape index (κ3) is 5.82. The van der Waals surface area contributed by atoms with E-state index in [-0.39, 0.29) is 24.9 Å². The molecule has 1 heterocycles. The monoisotopic (exact) mass is 381 g/mol. The zero-order chi connectivity index (χ0) is 19.8. The van der Waals surface area contributed by atoms with E-state index in [0.717, 1.165) is 16.9 Å². The van der Waals surface area contributed by atoms with E-state index in [1.807, 2.05) is 71.3 Å². The lowest BCUT2D eigenvalue weighted by molar-refractivity contribution is -0.134. The van der Waals surface area contributed by atoms with Crippen molar-refractivity contribution >= 4 is 11.8 Å². The van der Waals surface area contributed by atoms with Crippen molar-refractivity contribution in [2.75, 3.05) is 32.7 Å². The quantitative estimate of drug-likeness (QED) is 0.760. The average molecular weight is 381 g/mol. The first-order valence-corrected chi connectivity index (χ1v) is 9.66. The molecular weight excluding hydrogens is 354 g/mol. The lowest BCUT2D eigenvalue weighted by Crippen LogP contribution is -2.51. The van der Waals surface area contributed by atoms with Gasteiger partial charge in [0, 0.05) is 26.2 Å². The van der Waals surface area contributed by atoms with Crippen LogP contribution in [0.3, 0.4) is 0 Å². The van der Waals surface area contributed by atoms with E-state index < -0.39 is 0 Å². The van der Waals surface area contributed by atoms with E-state index in [9.17, 15) is 9.59 Å². The summed E-state index contributed by atoms with van der Waals surface area (Å²) in [5.74, 6) is 0.830. The molecular formula is C22H27N3O3. The van der Waals surface area contributed by atoms with Gasteiger partial charge in [0.15, 0.2) is 0 Å². The van der Waals surface area contributed by atoms with Gasteiger partial charge in [0.1, 0.15) is 12.4 Å². The number of piperazine rings is 1. The van der Waals surface area contributed by atoms with Crippen LogP contribution in [-0.4, -0.2) is 54.3 Å². The second-order valence-electron chi connectivity index (χ2n) is 6.89. The molecule has 6 nitrogen and oxygen atoms in total. The largest absolute Gasteiger partial charge is 0.489 e. The van der Waals surface area contributed by atoms with Crippen LogP contribution in [0.15, 0.2) is 54.6 Å². The Morgan fingerprint density at radius 3 is 2.54 bits per heavy atom. The number of nitrogens with one attached hydrogen (secondary N) is 1. The van der Waals surface area contributed by atoms with E-state index in [4.69, 9.17) is 4.74 Å². The molecule has 2 aromatic carbocycles. The normalized spacial score (nSPS) is 14.4. The van der Waals surface area contributed by atoms with Crippen molar-refractivity contribution in [3.63, 3.8) is 0 Å². The van der Waals surface area contributed by atoms with Crippen LogP contribution in [-0.2, 0) is 22.7 Å². The summed E-state index contributed by atoms with van der Waals surface area (Å²) in [4.78, 5) is 27.8. The second kappa shape index (κ2) is 9.90. The molecule has 6 heteroatoms. The molecule has 1 aliphatic heterocycles. The average Bonchev–Trinajstić information content (AvgIpc) is 2.72. The number of rotatable bonds is 8. The van der Waals surface area contributed by atoms with Crippen molar-refractivity contribution in [1.82, 2.24) is 15.1 Å². The molecule has 1 fully saturated rings.